The quantitative estimate of drug-likeness (QED) is 0.750. The van der Waals surface area contributed by atoms with E-state index >= 15 is 0 Å². The van der Waals surface area contributed by atoms with Gasteiger partial charge in [0, 0.05) is 11.6 Å². The van der Waals surface area contributed by atoms with E-state index < -0.39 is 6.04 Å². The summed E-state index contributed by atoms with van der Waals surface area (Å²) in [4.78, 5) is 27.7. The van der Waals surface area contributed by atoms with Crippen molar-refractivity contribution in [1.29, 1.82) is 0 Å². The van der Waals surface area contributed by atoms with Crippen LogP contribution in [-0.4, -0.2) is 35.4 Å². The summed E-state index contributed by atoms with van der Waals surface area (Å²) in [6, 6.07) is 5.16. The number of carbonyl (C=O) groups is 2. The Morgan fingerprint density at radius 3 is 2.62 bits per heavy atom. The summed E-state index contributed by atoms with van der Waals surface area (Å²) in [6.45, 7) is 5.85. The Bertz CT molecular complexity index is 713. The lowest BCUT2D eigenvalue weighted by Gasteiger charge is -2.53. The molecule has 5 nitrogen and oxygen atoms in total. The number of nitrogens with zero attached hydrogens (tertiary/aromatic N) is 1. The van der Waals surface area contributed by atoms with Crippen LogP contribution in [0.2, 0.25) is 0 Å². The number of β-lactam (4-membered cyclic amide) rings is 1. The zero-order chi connectivity index (χ0) is 19.1. The van der Waals surface area contributed by atoms with Crippen molar-refractivity contribution in [3.8, 4) is 5.75 Å². The molecule has 0 radical (unpaired) electrons. The number of carbonyl (C=O) groups excluding carboxylic acids is 2. The normalized spacial score (nSPS) is 23.7. The van der Waals surface area contributed by atoms with Crippen LogP contribution in [0.25, 0.3) is 0 Å². The first kappa shape index (κ1) is 19.2. The average Bonchev–Trinajstić information content (AvgIpc) is 2.57. The van der Waals surface area contributed by atoms with E-state index in [1.54, 1.807) is 12.0 Å². The van der Waals surface area contributed by atoms with Crippen LogP contribution in [0, 0.1) is 5.92 Å². The molecule has 0 bridgehead atoms. The molecule has 1 aromatic rings. The molecule has 1 heterocycles. The molecule has 1 unspecified atom stereocenters. The topological polar surface area (TPSA) is 58.6 Å². The molecule has 26 heavy (non-hydrogen) atoms. The molecular formula is C20H27BrN2O3. The van der Waals surface area contributed by atoms with Gasteiger partial charge in [-0.1, -0.05) is 18.9 Å². The third kappa shape index (κ3) is 3.61. The van der Waals surface area contributed by atoms with Crippen LogP contribution in [0.3, 0.4) is 0 Å². The van der Waals surface area contributed by atoms with Crippen LogP contribution in [0.15, 0.2) is 22.7 Å². The van der Waals surface area contributed by atoms with Crippen molar-refractivity contribution in [2.45, 2.75) is 64.1 Å². The average molecular weight is 423 g/mol. The minimum absolute atomic E-state index is 0.0929. The number of amides is 2. The van der Waals surface area contributed by atoms with Gasteiger partial charge in [0.05, 0.1) is 17.5 Å². The van der Waals surface area contributed by atoms with Crippen molar-refractivity contribution in [2.24, 2.45) is 5.92 Å². The van der Waals surface area contributed by atoms with E-state index in [9.17, 15) is 9.59 Å². The number of methoxy groups -OCH3 is 1. The number of ether oxygens (including phenoxy) is 1. The van der Waals surface area contributed by atoms with Gasteiger partial charge >= 0.3 is 0 Å². The summed E-state index contributed by atoms with van der Waals surface area (Å²) < 4.78 is 6.08. The lowest BCUT2D eigenvalue weighted by Crippen LogP contribution is -2.65. The first-order chi connectivity index (χ1) is 12.2. The summed E-state index contributed by atoms with van der Waals surface area (Å²) in [7, 11) is 1.61. The SMILES string of the molecule is COc1ccc(C(C(=O)NC(C)(C)C)N2C(=O)[C@@H]3CCCC[C@@H]32)cc1Br. The monoisotopic (exact) mass is 422 g/mol. The largest absolute Gasteiger partial charge is 0.496 e. The maximum absolute atomic E-state index is 13.1. The van der Waals surface area contributed by atoms with E-state index in [-0.39, 0.29) is 29.3 Å². The van der Waals surface area contributed by atoms with E-state index in [1.165, 1.54) is 0 Å². The Hall–Kier alpha value is -1.56. The van der Waals surface area contributed by atoms with Gasteiger partial charge in [-0.25, -0.2) is 0 Å². The number of hydrogen-bond acceptors (Lipinski definition) is 3. The fraction of sp³-hybridized carbons (Fsp3) is 0.600. The molecule has 142 valence electrons. The molecule has 2 fully saturated rings. The first-order valence-electron chi connectivity index (χ1n) is 9.20. The Morgan fingerprint density at radius 1 is 1.31 bits per heavy atom. The first-order valence-corrected chi connectivity index (χ1v) is 10.00. The number of hydrogen-bond donors (Lipinski definition) is 1. The van der Waals surface area contributed by atoms with Gasteiger partial charge in [-0.2, -0.15) is 0 Å². The molecule has 1 saturated carbocycles. The lowest BCUT2D eigenvalue weighted by atomic mass is 9.74. The van der Waals surface area contributed by atoms with Crippen molar-refractivity contribution in [2.75, 3.05) is 7.11 Å². The highest BCUT2D eigenvalue weighted by atomic mass is 79.9. The summed E-state index contributed by atoms with van der Waals surface area (Å²) in [5.74, 6) is 0.771. The standard InChI is InChI=1S/C20H27BrN2O3/c1-20(2,3)22-18(24)17(12-9-10-16(26-4)14(21)11-12)23-15-8-6-5-7-13(15)19(23)25/h9-11,13,15,17H,5-8H2,1-4H3,(H,22,24)/t13-,15+,17?/m1/s1. The van der Waals surface area contributed by atoms with Gasteiger partial charge < -0.3 is 15.0 Å². The molecule has 1 aromatic carbocycles. The van der Waals surface area contributed by atoms with Crippen LogP contribution in [0.1, 0.15) is 58.1 Å². The van der Waals surface area contributed by atoms with Crippen LogP contribution >= 0.6 is 15.9 Å². The van der Waals surface area contributed by atoms with Gasteiger partial charge in [0.2, 0.25) is 11.8 Å². The molecular weight excluding hydrogens is 396 g/mol. The zero-order valence-electron chi connectivity index (χ0n) is 15.8. The highest BCUT2D eigenvalue weighted by Gasteiger charge is 2.52. The van der Waals surface area contributed by atoms with E-state index in [0.717, 1.165) is 35.7 Å². The Balaban J connectivity index is 1.96. The number of rotatable bonds is 4. The number of halogens is 1. The van der Waals surface area contributed by atoms with Crippen LogP contribution in [0.5, 0.6) is 5.75 Å². The molecule has 1 aliphatic carbocycles. The number of nitrogens with one attached hydrogen (secondary N) is 1. The number of fused-ring (bicyclic) bond motifs is 1. The predicted molar refractivity (Wildman–Crippen MR) is 104 cm³/mol. The van der Waals surface area contributed by atoms with Crippen molar-refractivity contribution in [3.05, 3.63) is 28.2 Å². The molecule has 3 rings (SSSR count). The van der Waals surface area contributed by atoms with E-state index in [0.29, 0.717) is 5.75 Å². The van der Waals surface area contributed by atoms with E-state index in [1.807, 2.05) is 39.0 Å². The molecule has 1 N–H and O–H groups in total. The third-order valence-corrected chi connectivity index (χ3v) is 5.79. The zero-order valence-corrected chi connectivity index (χ0v) is 17.4. The maximum Gasteiger partial charge on any atom is 0.247 e. The second kappa shape index (κ2) is 7.22. The predicted octanol–water partition coefficient (Wildman–Crippen LogP) is 3.81. The van der Waals surface area contributed by atoms with Crippen LogP contribution in [-0.2, 0) is 9.59 Å². The van der Waals surface area contributed by atoms with E-state index in [4.69, 9.17) is 4.74 Å². The Morgan fingerprint density at radius 2 is 2.00 bits per heavy atom. The lowest BCUT2D eigenvalue weighted by molar-refractivity contribution is -0.169. The number of benzene rings is 1. The van der Waals surface area contributed by atoms with Crippen LogP contribution < -0.4 is 10.1 Å². The fourth-order valence-corrected chi connectivity index (χ4v) is 4.61. The summed E-state index contributed by atoms with van der Waals surface area (Å²) in [5.41, 5.74) is 0.440. The number of likely N-dealkylation sites (tertiary alicyclic amines) is 1. The Labute approximate surface area is 163 Å². The molecule has 6 heteroatoms. The second-order valence-corrected chi connectivity index (χ2v) is 9.09. The summed E-state index contributed by atoms with van der Waals surface area (Å²) >= 11 is 3.50. The Kier molecular flexibility index (Phi) is 5.33. The van der Waals surface area contributed by atoms with Crippen LogP contribution in [0.4, 0.5) is 0 Å². The van der Waals surface area contributed by atoms with Gasteiger partial charge in [-0.3, -0.25) is 9.59 Å². The maximum atomic E-state index is 13.1. The second-order valence-electron chi connectivity index (χ2n) is 8.24. The molecule has 3 atom stereocenters. The minimum atomic E-state index is -0.608. The third-order valence-electron chi connectivity index (χ3n) is 5.17. The van der Waals surface area contributed by atoms with Gasteiger partial charge in [0.25, 0.3) is 0 Å². The minimum Gasteiger partial charge on any atom is -0.496 e. The highest BCUT2D eigenvalue weighted by molar-refractivity contribution is 9.10. The van der Waals surface area contributed by atoms with Gasteiger partial charge in [0.1, 0.15) is 11.8 Å². The molecule has 1 saturated heterocycles. The van der Waals surface area contributed by atoms with Gasteiger partial charge in [-0.15, -0.1) is 0 Å². The van der Waals surface area contributed by atoms with Crippen molar-refractivity contribution in [3.63, 3.8) is 0 Å². The fourth-order valence-electron chi connectivity index (χ4n) is 4.05. The van der Waals surface area contributed by atoms with E-state index in [2.05, 4.69) is 21.2 Å². The summed E-state index contributed by atoms with van der Waals surface area (Å²) in [5, 5.41) is 3.05. The van der Waals surface area contributed by atoms with Crippen molar-refractivity contribution < 1.29 is 14.3 Å². The van der Waals surface area contributed by atoms with Crippen molar-refractivity contribution >= 4 is 27.7 Å². The molecule has 0 spiro atoms. The summed E-state index contributed by atoms with van der Waals surface area (Å²) in [6.07, 6.45) is 4.14. The molecule has 0 aromatic heterocycles. The molecule has 1 aliphatic heterocycles. The van der Waals surface area contributed by atoms with Gasteiger partial charge in [0.15, 0.2) is 0 Å². The van der Waals surface area contributed by atoms with Gasteiger partial charge in [-0.05, 0) is 67.2 Å². The van der Waals surface area contributed by atoms with Crippen molar-refractivity contribution in [1.82, 2.24) is 10.2 Å². The highest BCUT2D eigenvalue weighted by Crippen LogP contribution is 2.44. The molecule has 2 aliphatic rings. The molecule has 2 amide bonds. The smallest absolute Gasteiger partial charge is 0.247 e.